The predicted molar refractivity (Wildman–Crippen MR) is 77.5 cm³/mol. The number of benzene rings is 2. The van der Waals surface area contributed by atoms with E-state index in [1.807, 2.05) is 24.3 Å². The zero-order chi connectivity index (χ0) is 13.4. The van der Waals surface area contributed by atoms with Gasteiger partial charge in [0.05, 0.1) is 12.1 Å². The summed E-state index contributed by atoms with van der Waals surface area (Å²) in [4.78, 5) is 14.7. The molecule has 0 aliphatic carbocycles. The Hall–Kier alpha value is -2.01. The number of aromatic amines is 1. The molecule has 96 valence electrons. The highest BCUT2D eigenvalue weighted by Gasteiger charge is 2.10. The molecule has 0 aliphatic heterocycles. The van der Waals surface area contributed by atoms with Crippen LogP contribution in [0.25, 0.3) is 11.0 Å². The van der Waals surface area contributed by atoms with E-state index >= 15 is 0 Å². The zero-order valence-electron chi connectivity index (χ0n) is 9.93. The summed E-state index contributed by atoms with van der Waals surface area (Å²) >= 11 is 3.40. The van der Waals surface area contributed by atoms with Crippen LogP contribution in [0.3, 0.4) is 0 Å². The highest BCUT2D eigenvalue weighted by atomic mass is 79.9. The predicted octanol–water partition coefficient (Wildman–Crippen LogP) is 2.85. The monoisotopic (exact) mass is 318 g/mol. The van der Waals surface area contributed by atoms with Crippen LogP contribution in [0.1, 0.15) is 5.56 Å². The number of halogens is 1. The molecule has 0 saturated heterocycles. The molecule has 5 heteroatoms. The minimum absolute atomic E-state index is 0.103. The third kappa shape index (κ3) is 2.17. The third-order valence-electron chi connectivity index (χ3n) is 3.00. The van der Waals surface area contributed by atoms with E-state index < -0.39 is 0 Å². The van der Waals surface area contributed by atoms with Crippen molar-refractivity contribution in [3.63, 3.8) is 0 Å². The molecule has 0 unspecified atom stereocenters. The standard InChI is InChI=1S/C14H11BrN2O2/c15-10-4-1-3-9(7-10)8-17-13-11(16-14(17)19)5-2-6-12(13)18/h1-7,18H,8H2,(H,16,19). The molecule has 1 aromatic heterocycles. The number of phenols is 1. The summed E-state index contributed by atoms with van der Waals surface area (Å²) in [7, 11) is 0. The van der Waals surface area contributed by atoms with Crippen LogP contribution < -0.4 is 5.69 Å². The average molecular weight is 319 g/mol. The lowest BCUT2D eigenvalue weighted by atomic mass is 10.2. The molecule has 0 atom stereocenters. The molecule has 19 heavy (non-hydrogen) atoms. The van der Waals surface area contributed by atoms with Crippen molar-refractivity contribution in [2.45, 2.75) is 6.54 Å². The largest absolute Gasteiger partial charge is 0.506 e. The average Bonchev–Trinajstić information content (AvgIpc) is 2.67. The van der Waals surface area contributed by atoms with Crippen LogP contribution in [0, 0.1) is 0 Å². The summed E-state index contributed by atoms with van der Waals surface area (Å²) in [5, 5.41) is 9.91. The van der Waals surface area contributed by atoms with Gasteiger partial charge in [-0.2, -0.15) is 0 Å². The highest BCUT2D eigenvalue weighted by molar-refractivity contribution is 9.10. The van der Waals surface area contributed by atoms with Crippen molar-refractivity contribution in [2.75, 3.05) is 0 Å². The molecule has 3 rings (SSSR count). The fourth-order valence-corrected chi connectivity index (χ4v) is 2.62. The number of hydrogen-bond donors (Lipinski definition) is 2. The number of para-hydroxylation sites is 1. The van der Waals surface area contributed by atoms with Gasteiger partial charge in [0, 0.05) is 4.47 Å². The summed E-state index contributed by atoms with van der Waals surface area (Å²) in [6.07, 6.45) is 0. The Morgan fingerprint density at radius 3 is 2.79 bits per heavy atom. The Morgan fingerprint density at radius 2 is 2.00 bits per heavy atom. The zero-order valence-corrected chi connectivity index (χ0v) is 11.5. The number of aromatic nitrogens is 2. The normalized spacial score (nSPS) is 11.0. The molecule has 0 aliphatic rings. The second-order valence-corrected chi connectivity index (χ2v) is 5.24. The highest BCUT2D eigenvalue weighted by Crippen LogP contribution is 2.22. The first-order valence-corrected chi connectivity index (χ1v) is 6.59. The van der Waals surface area contributed by atoms with Crippen LogP contribution in [0.2, 0.25) is 0 Å². The van der Waals surface area contributed by atoms with E-state index in [9.17, 15) is 9.90 Å². The van der Waals surface area contributed by atoms with Gasteiger partial charge in [-0.1, -0.05) is 34.1 Å². The van der Waals surface area contributed by atoms with Gasteiger partial charge in [0.15, 0.2) is 0 Å². The number of phenolic OH excluding ortho intramolecular Hbond substituents is 1. The Bertz CT molecular complexity index is 805. The molecule has 3 aromatic rings. The third-order valence-corrected chi connectivity index (χ3v) is 3.49. The molecular formula is C14H11BrN2O2. The number of fused-ring (bicyclic) bond motifs is 1. The lowest BCUT2D eigenvalue weighted by Gasteiger charge is -2.05. The van der Waals surface area contributed by atoms with Gasteiger partial charge < -0.3 is 10.1 Å². The molecule has 0 spiro atoms. The first-order valence-electron chi connectivity index (χ1n) is 5.80. The van der Waals surface area contributed by atoms with Crippen molar-refractivity contribution in [3.8, 4) is 5.75 Å². The van der Waals surface area contributed by atoms with Crippen molar-refractivity contribution < 1.29 is 5.11 Å². The first kappa shape index (κ1) is 12.0. The van der Waals surface area contributed by atoms with Crippen molar-refractivity contribution in [1.82, 2.24) is 9.55 Å². The van der Waals surface area contributed by atoms with E-state index in [0.717, 1.165) is 10.0 Å². The molecule has 2 aromatic carbocycles. The molecule has 2 N–H and O–H groups in total. The fraction of sp³-hybridized carbons (Fsp3) is 0.0714. The van der Waals surface area contributed by atoms with Crippen LogP contribution in [-0.4, -0.2) is 14.7 Å². The minimum atomic E-state index is -0.225. The van der Waals surface area contributed by atoms with E-state index in [0.29, 0.717) is 17.6 Å². The van der Waals surface area contributed by atoms with Gasteiger partial charge in [0.25, 0.3) is 0 Å². The number of nitrogens with one attached hydrogen (secondary N) is 1. The topological polar surface area (TPSA) is 58.0 Å². The summed E-state index contributed by atoms with van der Waals surface area (Å²) in [6, 6.07) is 12.8. The van der Waals surface area contributed by atoms with Crippen molar-refractivity contribution in [2.24, 2.45) is 0 Å². The van der Waals surface area contributed by atoms with E-state index in [2.05, 4.69) is 20.9 Å². The molecule has 0 amide bonds. The molecule has 4 nitrogen and oxygen atoms in total. The Morgan fingerprint density at radius 1 is 1.21 bits per heavy atom. The maximum atomic E-state index is 12.0. The molecule has 0 radical (unpaired) electrons. The Kier molecular flexibility index (Phi) is 2.91. The molecule has 1 heterocycles. The van der Waals surface area contributed by atoms with Gasteiger partial charge in [-0.15, -0.1) is 0 Å². The van der Waals surface area contributed by atoms with Crippen LogP contribution in [-0.2, 0) is 6.54 Å². The Balaban J connectivity index is 2.15. The van der Waals surface area contributed by atoms with E-state index in [4.69, 9.17) is 0 Å². The maximum absolute atomic E-state index is 12.0. The molecule has 0 saturated carbocycles. The van der Waals surface area contributed by atoms with Crippen LogP contribution >= 0.6 is 15.9 Å². The van der Waals surface area contributed by atoms with Gasteiger partial charge >= 0.3 is 5.69 Å². The number of H-pyrrole nitrogens is 1. The fourth-order valence-electron chi connectivity index (χ4n) is 2.17. The lowest BCUT2D eigenvalue weighted by Crippen LogP contribution is -2.17. The quantitative estimate of drug-likeness (QED) is 0.763. The summed E-state index contributed by atoms with van der Waals surface area (Å²) in [6.45, 7) is 0.413. The Labute approximate surface area is 117 Å². The molecule has 0 bridgehead atoms. The second kappa shape index (κ2) is 4.59. The van der Waals surface area contributed by atoms with Gasteiger partial charge in [0.2, 0.25) is 0 Å². The number of hydrogen-bond acceptors (Lipinski definition) is 2. The van der Waals surface area contributed by atoms with Crippen LogP contribution in [0.15, 0.2) is 51.7 Å². The van der Waals surface area contributed by atoms with Gasteiger partial charge in [-0.3, -0.25) is 4.57 Å². The summed E-state index contributed by atoms with van der Waals surface area (Å²) in [5.74, 6) is 0.103. The summed E-state index contributed by atoms with van der Waals surface area (Å²) in [5.41, 5.74) is 1.93. The lowest BCUT2D eigenvalue weighted by molar-refractivity contribution is 0.478. The van der Waals surface area contributed by atoms with Gasteiger partial charge in [-0.05, 0) is 29.8 Å². The van der Waals surface area contributed by atoms with Crippen LogP contribution in [0.4, 0.5) is 0 Å². The van der Waals surface area contributed by atoms with E-state index in [-0.39, 0.29) is 11.4 Å². The molecular weight excluding hydrogens is 308 g/mol. The number of nitrogens with zero attached hydrogens (tertiary/aromatic N) is 1. The van der Waals surface area contributed by atoms with Crippen LogP contribution in [0.5, 0.6) is 5.75 Å². The maximum Gasteiger partial charge on any atom is 0.326 e. The second-order valence-electron chi connectivity index (χ2n) is 4.32. The van der Waals surface area contributed by atoms with Crippen molar-refractivity contribution >= 4 is 27.0 Å². The first-order chi connectivity index (χ1) is 9.15. The number of imidazole rings is 1. The van der Waals surface area contributed by atoms with E-state index in [1.54, 1.807) is 18.2 Å². The van der Waals surface area contributed by atoms with Crippen molar-refractivity contribution in [3.05, 3.63) is 63.0 Å². The smallest absolute Gasteiger partial charge is 0.326 e. The number of aromatic hydroxyl groups is 1. The van der Waals surface area contributed by atoms with E-state index in [1.165, 1.54) is 4.57 Å². The minimum Gasteiger partial charge on any atom is -0.506 e. The summed E-state index contributed by atoms with van der Waals surface area (Å²) < 4.78 is 2.49. The van der Waals surface area contributed by atoms with Gasteiger partial charge in [-0.25, -0.2) is 4.79 Å². The van der Waals surface area contributed by atoms with Gasteiger partial charge in [0.1, 0.15) is 11.3 Å². The van der Waals surface area contributed by atoms with Crippen molar-refractivity contribution in [1.29, 1.82) is 0 Å². The SMILES string of the molecule is O=c1[nH]c2cccc(O)c2n1Cc1cccc(Br)c1. The number of rotatable bonds is 2. The molecule has 0 fully saturated rings.